The predicted octanol–water partition coefficient (Wildman–Crippen LogP) is 2.86. The van der Waals surface area contributed by atoms with Crippen LogP contribution in [0.3, 0.4) is 0 Å². The first-order valence-corrected chi connectivity index (χ1v) is 9.86. The number of carbonyl (C=O) groups is 3. The van der Waals surface area contributed by atoms with Gasteiger partial charge in [0.15, 0.2) is 0 Å². The molecule has 0 aromatic heterocycles. The largest absolute Gasteiger partial charge is 0.356 e. The summed E-state index contributed by atoms with van der Waals surface area (Å²) in [4.78, 5) is 36.3. The number of rotatable bonds is 13. The number of amides is 3. The van der Waals surface area contributed by atoms with Gasteiger partial charge in [0.2, 0.25) is 17.7 Å². The quantitative estimate of drug-likeness (QED) is 0.498. The first-order chi connectivity index (χ1) is 12.0. The molecule has 0 bridgehead atoms. The second-order valence-corrected chi connectivity index (χ2v) is 5.60. The van der Waals surface area contributed by atoms with E-state index < -0.39 is 0 Å². The molecular weight excluding hydrogens is 318 g/mol. The maximum Gasteiger partial charge on any atom is 0.222 e. The van der Waals surface area contributed by atoms with Crippen molar-refractivity contribution in [3.8, 4) is 0 Å². The van der Waals surface area contributed by atoms with Crippen LogP contribution in [0.1, 0.15) is 79.6 Å². The SMILES string of the molecule is CC.CCCC(=O)NCCCCN(CCCNC(=O)CC)C(=O)CC. The maximum atomic E-state index is 11.9. The average Bonchev–Trinajstić information content (AvgIpc) is 2.64. The molecule has 6 heteroatoms. The Hall–Kier alpha value is -1.59. The summed E-state index contributed by atoms with van der Waals surface area (Å²) in [5, 5.41) is 5.70. The van der Waals surface area contributed by atoms with Gasteiger partial charge in [-0.05, 0) is 25.7 Å². The Morgan fingerprint density at radius 2 is 1.32 bits per heavy atom. The third-order valence-corrected chi connectivity index (χ3v) is 3.56. The number of carbonyl (C=O) groups excluding carboxylic acids is 3. The van der Waals surface area contributed by atoms with E-state index in [1.54, 1.807) is 0 Å². The van der Waals surface area contributed by atoms with Crippen molar-refractivity contribution in [1.29, 1.82) is 0 Å². The Labute approximate surface area is 154 Å². The van der Waals surface area contributed by atoms with Crippen LogP contribution >= 0.6 is 0 Å². The molecule has 0 rings (SSSR count). The Morgan fingerprint density at radius 1 is 0.760 bits per heavy atom. The molecule has 0 unspecified atom stereocenters. The van der Waals surface area contributed by atoms with Crippen LogP contribution in [0, 0.1) is 0 Å². The molecular formula is C19H39N3O3. The van der Waals surface area contributed by atoms with Crippen LogP contribution in [0.2, 0.25) is 0 Å². The van der Waals surface area contributed by atoms with Crippen molar-refractivity contribution in [2.75, 3.05) is 26.2 Å². The van der Waals surface area contributed by atoms with Gasteiger partial charge < -0.3 is 15.5 Å². The van der Waals surface area contributed by atoms with Crippen LogP contribution in [-0.2, 0) is 14.4 Å². The molecule has 0 aliphatic carbocycles. The summed E-state index contributed by atoms with van der Waals surface area (Å²) >= 11 is 0. The fourth-order valence-electron chi connectivity index (χ4n) is 2.18. The average molecular weight is 358 g/mol. The number of hydrogen-bond acceptors (Lipinski definition) is 3. The van der Waals surface area contributed by atoms with Gasteiger partial charge in [0, 0.05) is 45.4 Å². The fraction of sp³-hybridized carbons (Fsp3) is 0.842. The molecule has 0 aromatic rings. The number of unbranched alkanes of at least 4 members (excludes halogenated alkanes) is 1. The number of nitrogens with one attached hydrogen (secondary N) is 2. The topological polar surface area (TPSA) is 78.5 Å². The van der Waals surface area contributed by atoms with E-state index in [4.69, 9.17) is 0 Å². The van der Waals surface area contributed by atoms with Crippen LogP contribution in [0.25, 0.3) is 0 Å². The van der Waals surface area contributed by atoms with Crippen LogP contribution in [0.15, 0.2) is 0 Å². The minimum absolute atomic E-state index is 0.0428. The highest BCUT2D eigenvalue weighted by atomic mass is 16.2. The van der Waals surface area contributed by atoms with Crippen LogP contribution < -0.4 is 10.6 Å². The van der Waals surface area contributed by atoms with Crippen molar-refractivity contribution in [3.05, 3.63) is 0 Å². The van der Waals surface area contributed by atoms with Crippen molar-refractivity contribution < 1.29 is 14.4 Å². The molecule has 0 atom stereocenters. The van der Waals surface area contributed by atoms with Gasteiger partial charge in [-0.3, -0.25) is 14.4 Å². The zero-order valence-corrected chi connectivity index (χ0v) is 17.0. The highest BCUT2D eigenvalue weighted by Gasteiger charge is 2.10. The van der Waals surface area contributed by atoms with Crippen LogP contribution in [0.5, 0.6) is 0 Å². The molecule has 0 fully saturated rings. The summed E-state index contributed by atoms with van der Waals surface area (Å²) in [5.41, 5.74) is 0. The highest BCUT2D eigenvalue weighted by molar-refractivity contribution is 5.76. The van der Waals surface area contributed by atoms with Crippen LogP contribution in [-0.4, -0.2) is 48.8 Å². The van der Waals surface area contributed by atoms with Gasteiger partial charge in [-0.25, -0.2) is 0 Å². The van der Waals surface area contributed by atoms with Crippen LogP contribution in [0.4, 0.5) is 0 Å². The van der Waals surface area contributed by atoms with E-state index in [1.807, 2.05) is 39.5 Å². The molecule has 0 aliphatic heterocycles. The van der Waals surface area contributed by atoms with Gasteiger partial charge in [0.1, 0.15) is 0 Å². The molecule has 0 saturated heterocycles. The molecule has 3 amide bonds. The molecule has 6 nitrogen and oxygen atoms in total. The zero-order valence-electron chi connectivity index (χ0n) is 17.0. The summed E-state index contributed by atoms with van der Waals surface area (Å²) in [6.07, 6.45) is 4.93. The van der Waals surface area contributed by atoms with E-state index in [9.17, 15) is 14.4 Å². The molecule has 0 heterocycles. The van der Waals surface area contributed by atoms with Crippen molar-refractivity contribution >= 4 is 17.7 Å². The summed E-state index contributed by atoms with van der Waals surface area (Å²) in [6, 6.07) is 0. The number of nitrogens with zero attached hydrogens (tertiary/aromatic N) is 1. The zero-order chi connectivity index (χ0) is 19.5. The Kier molecular flexibility index (Phi) is 19.2. The van der Waals surface area contributed by atoms with E-state index in [0.29, 0.717) is 45.4 Å². The van der Waals surface area contributed by atoms with Gasteiger partial charge >= 0.3 is 0 Å². The Balaban J connectivity index is 0. The maximum absolute atomic E-state index is 11.9. The normalized spacial score (nSPS) is 9.64. The minimum atomic E-state index is 0.0428. The summed E-state index contributed by atoms with van der Waals surface area (Å²) in [7, 11) is 0. The molecule has 0 aromatic carbocycles. The molecule has 25 heavy (non-hydrogen) atoms. The second-order valence-electron chi connectivity index (χ2n) is 5.60. The summed E-state index contributed by atoms with van der Waals surface area (Å²) in [6.45, 7) is 12.3. The monoisotopic (exact) mass is 357 g/mol. The Bertz CT molecular complexity index is 360. The molecule has 0 saturated carbocycles. The lowest BCUT2D eigenvalue weighted by Gasteiger charge is -2.22. The van der Waals surface area contributed by atoms with Gasteiger partial charge in [-0.1, -0.05) is 34.6 Å². The lowest BCUT2D eigenvalue weighted by atomic mass is 10.2. The van der Waals surface area contributed by atoms with Crippen molar-refractivity contribution in [1.82, 2.24) is 15.5 Å². The lowest BCUT2D eigenvalue weighted by molar-refractivity contribution is -0.131. The van der Waals surface area contributed by atoms with E-state index in [-0.39, 0.29) is 17.7 Å². The second kappa shape index (κ2) is 18.7. The van der Waals surface area contributed by atoms with E-state index >= 15 is 0 Å². The van der Waals surface area contributed by atoms with E-state index in [0.717, 1.165) is 25.7 Å². The van der Waals surface area contributed by atoms with Gasteiger partial charge in [-0.15, -0.1) is 0 Å². The predicted molar refractivity (Wildman–Crippen MR) is 103 cm³/mol. The van der Waals surface area contributed by atoms with Crippen molar-refractivity contribution in [3.63, 3.8) is 0 Å². The fourth-order valence-corrected chi connectivity index (χ4v) is 2.18. The Morgan fingerprint density at radius 3 is 1.88 bits per heavy atom. The molecule has 0 aliphatic rings. The molecule has 148 valence electrons. The smallest absolute Gasteiger partial charge is 0.222 e. The minimum Gasteiger partial charge on any atom is -0.356 e. The molecule has 2 N–H and O–H groups in total. The third-order valence-electron chi connectivity index (χ3n) is 3.56. The third kappa shape index (κ3) is 15.7. The van der Waals surface area contributed by atoms with Crippen molar-refractivity contribution in [2.24, 2.45) is 0 Å². The first-order valence-electron chi connectivity index (χ1n) is 9.86. The van der Waals surface area contributed by atoms with E-state index in [2.05, 4.69) is 10.6 Å². The lowest BCUT2D eigenvalue weighted by Crippen LogP contribution is -2.35. The van der Waals surface area contributed by atoms with Gasteiger partial charge in [0.25, 0.3) is 0 Å². The van der Waals surface area contributed by atoms with Crippen molar-refractivity contribution in [2.45, 2.75) is 79.6 Å². The summed E-state index contributed by atoms with van der Waals surface area (Å²) < 4.78 is 0. The standard InChI is InChI=1S/C17H33N3O3.C2H6/c1-4-10-16(22)19-11-7-8-13-20(17(23)6-3)14-9-12-18-15(21)5-2;1-2/h4-14H2,1-3H3,(H,18,21)(H,19,22);1-2H3. The number of hydrogen-bond donors (Lipinski definition) is 2. The summed E-state index contributed by atoms with van der Waals surface area (Å²) in [5.74, 6) is 0.281. The molecule has 0 radical (unpaired) electrons. The molecule has 0 spiro atoms. The van der Waals surface area contributed by atoms with E-state index in [1.165, 1.54) is 0 Å². The highest BCUT2D eigenvalue weighted by Crippen LogP contribution is 2.00. The van der Waals surface area contributed by atoms with Gasteiger partial charge in [0.05, 0.1) is 0 Å². The first kappa shape index (κ1) is 25.6. The van der Waals surface area contributed by atoms with Gasteiger partial charge in [-0.2, -0.15) is 0 Å².